The maximum absolute atomic E-state index is 12.1. The molecule has 0 fully saturated rings. The molecule has 0 bridgehead atoms. The minimum Gasteiger partial charge on any atom is -0.464 e. The molecule has 44 heavy (non-hydrogen) atoms. The molecule has 0 unspecified atom stereocenters. The summed E-state index contributed by atoms with van der Waals surface area (Å²) < 4.78 is 19.4. The molecule has 2 aromatic rings. The second-order valence-electron chi connectivity index (χ2n) is 13.2. The van der Waals surface area contributed by atoms with E-state index >= 15 is 0 Å². The number of carbonyl (C=O) groups excluding carboxylic acids is 1. The lowest BCUT2D eigenvalue weighted by molar-refractivity contribution is -0.160. The van der Waals surface area contributed by atoms with E-state index in [9.17, 15) is 15.0 Å². The molecule has 0 saturated heterocycles. The van der Waals surface area contributed by atoms with Crippen LogP contribution in [-0.4, -0.2) is 64.3 Å². The summed E-state index contributed by atoms with van der Waals surface area (Å²) in [6.07, 6.45) is -1.20. The van der Waals surface area contributed by atoms with Crippen LogP contribution in [0.4, 0.5) is 0 Å². The van der Waals surface area contributed by atoms with Crippen LogP contribution in [0.1, 0.15) is 69.2 Å². The van der Waals surface area contributed by atoms with E-state index in [1.807, 2.05) is 13.0 Å². The summed E-state index contributed by atoms with van der Waals surface area (Å²) in [6, 6.07) is 24.3. The molecule has 0 aliphatic carbocycles. The van der Waals surface area contributed by atoms with E-state index in [0.29, 0.717) is 6.61 Å². The van der Waals surface area contributed by atoms with Gasteiger partial charge < -0.3 is 23.8 Å². The molecule has 246 valence electrons. The Bertz CT molecular complexity index is 1110. The first kappa shape index (κ1) is 38.1. The van der Waals surface area contributed by atoms with Gasteiger partial charge in [0.2, 0.25) is 0 Å². The van der Waals surface area contributed by atoms with Gasteiger partial charge in [0.15, 0.2) is 14.4 Å². The van der Waals surface area contributed by atoms with E-state index in [1.165, 1.54) is 10.4 Å². The predicted octanol–water partition coefficient (Wildman–Crippen LogP) is 6.46. The van der Waals surface area contributed by atoms with Crippen LogP contribution in [0.5, 0.6) is 0 Å². The van der Waals surface area contributed by atoms with Crippen molar-refractivity contribution in [3.8, 4) is 0 Å². The summed E-state index contributed by atoms with van der Waals surface area (Å²) >= 11 is 0. The van der Waals surface area contributed by atoms with Gasteiger partial charge in [-0.15, -0.1) is 0 Å². The highest BCUT2D eigenvalue weighted by Gasteiger charge is 2.50. The molecule has 8 heteroatoms. The number of esters is 1. The van der Waals surface area contributed by atoms with Crippen molar-refractivity contribution in [1.82, 2.24) is 0 Å². The van der Waals surface area contributed by atoms with Crippen molar-refractivity contribution in [3.05, 3.63) is 72.3 Å². The molecule has 0 saturated carbocycles. The van der Waals surface area contributed by atoms with Crippen molar-refractivity contribution in [1.29, 1.82) is 0 Å². The van der Waals surface area contributed by atoms with Crippen molar-refractivity contribution < 1.29 is 28.6 Å². The van der Waals surface area contributed by atoms with Gasteiger partial charge in [-0.2, -0.15) is 0 Å². The summed E-state index contributed by atoms with van der Waals surface area (Å²) in [5.41, 5.74) is 0.971. The molecular formula is C36H58O6Si2. The van der Waals surface area contributed by atoms with Crippen LogP contribution in [0.15, 0.2) is 72.3 Å². The second-order valence-corrected chi connectivity index (χ2v) is 22.2. The van der Waals surface area contributed by atoms with Crippen molar-refractivity contribution in [2.75, 3.05) is 13.2 Å². The van der Waals surface area contributed by atoms with Gasteiger partial charge in [-0.25, -0.2) is 4.79 Å². The second kappa shape index (κ2) is 17.0. The smallest absolute Gasteiger partial charge is 0.337 e. The molecule has 0 aromatic heterocycles. The maximum Gasteiger partial charge on any atom is 0.337 e. The Balaban J connectivity index is 2.54. The number of ether oxygens (including phenoxy) is 1. The first-order valence-electron chi connectivity index (χ1n) is 16.4. The number of benzene rings is 2. The fraction of sp³-hybridized carbons (Fsp3) is 0.583. The number of aliphatic hydroxyl groups excluding tert-OH is 2. The van der Waals surface area contributed by atoms with Crippen LogP contribution in [0.2, 0.25) is 23.2 Å². The molecule has 5 atom stereocenters. The van der Waals surface area contributed by atoms with E-state index in [-0.39, 0.29) is 23.7 Å². The van der Waals surface area contributed by atoms with Gasteiger partial charge in [0, 0.05) is 18.4 Å². The highest BCUT2D eigenvalue weighted by molar-refractivity contribution is 6.99. The van der Waals surface area contributed by atoms with E-state index in [0.717, 1.165) is 23.7 Å². The van der Waals surface area contributed by atoms with Gasteiger partial charge >= 0.3 is 5.97 Å². The first-order chi connectivity index (χ1) is 20.7. The number of hydrogen-bond donors (Lipinski definition) is 2. The van der Waals surface area contributed by atoms with Crippen LogP contribution >= 0.6 is 0 Å². The third-order valence-electron chi connectivity index (χ3n) is 9.17. The molecule has 0 aliphatic rings. The summed E-state index contributed by atoms with van der Waals surface area (Å²) in [5, 5.41) is 23.6. The third-order valence-corrected chi connectivity index (χ3v) is 18.8. The SMILES string of the molecule is CCOC(=O)[C@H](O)[C@@H](O)[C@H](C)/C=C(/C)[C@H](O[Si](CC)(CC)CC)[C@H](C)CO[Si](c1ccccc1)(c1ccccc1)C(C)(C)C. The molecule has 0 amide bonds. The quantitative estimate of drug-likeness (QED) is 0.117. The minimum atomic E-state index is -2.75. The van der Waals surface area contributed by atoms with Crippen molar-refractivity contribution in [2.45, 2.75) is 111 Å². The molecule has 0 spiro atoms. The predicted molar refractivity (Wildman–Crippen MR) is 186 cm³/mol. The largest absolute Gasteiger partial charge is 0.464 e. The van der Waals surface area contributed by atoms with Crippen molar-refractivity contribution >= 4 is 33.0 Å². The molecule has 0 radical (unpaired) electrons. The Morgan fingerprint density at radius 1 is 0.864 bits per heavy atom. The normalized spacial score (nSPS) is 16.6. The fourth-order valence-electron chi connectivity index (χ4n) is 6.30. The highest BCUT2D eigenvalue weighted by Crippen LogP contribution is 2.38. The van der Waals surface area contributed by atoms with Crippen molar-refractivity contribution in [3.63, 3.8) is 0 Å². The van der Waals surface area contributed by atoms with Crippen LogP contribution in [0.25, 0.3) is 0 Å². The average molecular weight is 643 g/mol. The zero-order valence-electron chi connectivity index (χ0n) is 28.8. The van der Waals surface area contributed by atoms with Gasteiger partial charge in [0.05, 0.1) is 18.8 Å². The van der Waals surface area contributed by atoms with Gasteiger partial charge in [-0.1, -0.05) is 122 Å². The fourth-order valence-corrected chi connectivity index (χ4v) is 13.9. The lowest BCUT2D eigenvalue weighted by Gasteiger charge is -2.44. The van der Waals surface area contributed by atoms with Crippen LogP contribution in [0.3, 0.4) is 0 Å². The Hall–Kier alpha value is -2.08. The van der Waals surface area contributed by atoms with Gasteiger partial charge in [0.1, 0.15) is 0 Å². The van der Waals surface area contributed by atoms with E-state index < -0.39 is 40.7 Å². The molecule has 2 N–H and O–H groups in total. The monoisotopic (exact) mass is 642 g/mol. The summed E-state index contributed by atoms with van der Waals surface area (Å²) in [6.45, 7) is 21.9. The lowest BCUT2D eigenvalue weighted by Crippen LogP contribution is -2.67. The molecule has 2 rings (SSSR count). The summed E-state index contributed by atoms with van der Waals surface area (Å²) in [7, 11) is -4.79. The topological polar surface area (TPSA) is 85.2 Å². The number of rotatable bonds is 17. The molecular weight excluding hydrogens is 585 g/mol. The number of aliphatic hydroxyl groups is 2. The molecule has 2 aromatic carbocycles. The maximum atomic E-state index is 12.1. The van der Waals surface area contributed by atoms with Gasteiger partial charge in [0.25, 0.3) is 8.32 Å². The Kier molecular flexibility index (Phi) is 14.7. The van der Waals surface area contributed by atoms with E-state index in [1.54, 1.807) is 13.8 Å². The standard InChI is InChI=1S/C36H58O6Si2/c1-11-40-35(39)33(38)32(37)27(5)25-28(6)34(42-43(12-2,13-3)14-4)29(7)26-41-44(36(8,9)10,30-21-17-15-18-22-30)31-23-19-16-20-24-31/h15-25,27,29,32-34,37-38H,11-14,26H2,1-10H3/b28-25-/t27-,29-,32+,33-,34+/m1/s1. The lowest BCUT2D eigenvalue weighted by atomic mass is 9.92. The number of hydrogen-bond acceptors (Lipinski definition) is 6. The Morgan fingerprint density at radius 3 is 1.75 bits per heavy atom. The van der Waals surface area contributed by atoms with Crippen LogP contribution in [0, 0.1) is 11.8 Å². The molecule has 6 nitrogen and oxygen atoms in total. The van der Waals surface area contributed by atoms with Crippen LogP contribution in [-0.2, 0) is 18.4 Å². The first-order valence-corrected chi connectivity index (χ1v) is 20.8. The molecule has 0 aliphatic heterocycles. The van der Waals surface area contributed by atoms with Gasteiger partial charge in [-0.3, -0.25) is 0 Å². The summed E-state index contributed by atoms with van der Waals surface area (Å²) in [4.78, 5) is 12.1. The minimum absolute atomic E-state index is 0.00347. The van der Waals surface area contributed by atoms with Gasteiger partial charge in [-0.05, 0) is 53.0 Å². The summed E-state index contributed by atoms with van der Waals surface area (Å²) in [5.74, 6) is -1.30. The highest BCUT2D eigenvalue weighted by atomic mass is 28.4. The van der Waals surface area contributed by atoms with Crippen LogP contribution < -0.4 is 10.4 Å². The van der Waals surface area contributed by atoms with Crippen molar-refractivity contribution in [2.24, 2.45) is 11.8 Å². The average Bonchev–Trinajstić information content (AvgIpc) is 3.01. The third kappa shape index (κ3) is 9.01. The zero-order valence-corrected chi connectivity index (χ0v) is 30.8. The Labute approximate surface area is 269 Å². The van der Waals surface area contributed by atoms with E-state index in [2.05, 4.69) is 109 Å². The van der Waals surface area contributed by atoms with E-state index in [4.69, 9.17) is 13.6 Å². The zero-order chi connectivity index (χ0) is 33.1. The molecule has 0 heterocycles. The number of carbonyl (C=O) groups is 1. The Morgan fingerprint density at radius 2 is 1.34 bits per heavy atom.